The molecule has 0 spiro atoms. The lowest BCUT2D eigenvalue weighted by Crippen LogP contribution is -2.51. The minimum Gasteiger partial charge on any atom is -0.463 e. The first-order valence-corrected chi connectivity index (χ1v) is 13.1. The van der Waals surface area contributed by atoms with Crippen LogP contribution in [0.5, 0.6) is 0 Å². The van der Waals surface area contributed by atoms with Crippen LogP contribution >= 0.6 is 0 Å². The maximum absolute atomic E-state index is 13.3. The summed E-state index contributed by atoms with van der Waals surface area (Å²) in [5, 5.41) is 3.00. The fraction of sp³-hybridized carbons (Fsp3) is 0.414. The van der Waals surface area contributed by atoms with Crippen molar-refractivity contribution in [1.82, 2.24) is 20.0 Å². The number of rotatable bonds is 7. The van der Waals surface area contributed by atoms with E-state index in [4.69, 9.17) is 4.74 Å². The number of likely N-dealkylation sites (N-methyl/N-ethyl adjacent to an activating group) is 1. The van der Waals surface area contributed by atoms with Gasteiger partial charge in [-0.1, -0.05) is 29.8 Å². The van der Waals surface area contributed by atoms with Crippen LogP contribution in [0.3, 0.4) is 0 Å². The van der Waals surface area contributed by atoms with E-state index in [0.29, 0.717) is 56.1 Å². The largest absolute Gasteiger partial charge is 0.463 e. The highest BCUT2D eigenvalue weighted by Gasteiger charge is 2.38. The number of carbonyl (C=O) groups excluding carboxylic acids is 3. The molecule has 8 nitrogen and oxygen atoms in total. The normalized spacial score (nSPS) is 18.7. The molecule has 2 aromatic rings. The fourth-order valence-electron chi connectivity index (χ4n) is 5.08. The van der Waals surface area contributed by atoms with E-state index >= 15 is 0 Å². The highest BCUT2D eigenvalue weighted by Crippen LogP contribution is 2.32. The van der Waals surface area contributed by atoms with Gasteiger partial charge in [-0.2, -0.15) is 0 Å². The smallest absolute Gasteiger partial charge is 0.338 e. The first kappa shape index (κ1) is 27.3. The van der Waals surface area contributed by atoms with Gasteiger partial charge in [-0.25, -0.2) is 14.0 Å². The molecule has 202 valence electrons. The van der Waals surface area contributed by atoms with Crippen molar-refractivity contribution in [3.05, 3.63) is 82.3 Å². The van der Waals surface area contributed by atoms with Crippen LogP contribution < -0.4 is 5.32 Å². The van der Waals surface area contributed by atoms with Gasteiger partial charge < -0.3 is 15.0 Å². The third-order valence-corrected chi connectivity index (χ3v) is 6.97. The van der Waals surface area contributed by atoms with E-state index in [2.05, 4.69) is 10.2 Å². The summed E-state index contributed by atoms with van der Waals surface area (Å²) in [5.41, 5.74) is 3.36. The number of nitrogens with zero attached hydrogens (tertiary/aromatic N) is 3. The molecule has 0 aromatic heterocycles. The molecule has 9 heteroatoms. The topological polar surface area (TPSA) is 82.2 Å². The number of benzene rings is 2. The molecule has 2 heterocycles. The number of carbonyl (C=O) groups is 3. The minimum atomic E-state index is -0.622. The Morgan fingerprint density at radius 3 is 2.50 bits per heavy atom. The zero-order chi connectivity index (χ0) is 27.2. The Morgan fingerprint density at radius 1 is 1.05 bits per heavy atom. The molecule has 0 saturated carbocycles. The number of ether oxygens (including phenoxy) is 1. The Kier molecular flexibility index (Phi) is 8.78. The van der Waals surface area contributed by atoms with Crippen LogP contribution in [-0.4, -0.2) is 78.5 Å². The molecule has 4 rings (SSSR count). The molecular weight excluding hydrogens is 487 g/mol. The van der Waals surface area contributed by atoms with Crippen molar-refractivity contribution >= 4 is 17.9 Å². The summed E-state index contributed by atoms with van der Waals surface area (Å²) in [6.07, 6.45) is 0.731. The van der Waals surface area contributed by atoms with Crippen molar-refractivity contribution < 1.29 is 23.5 Å². The molecule has 38 heavy (non-hydrogen) atoms. The SMILES string of the molecule is CCOC(=O)C1=C(CN2CCCN(C(=O)c3ccc(F)cc3)CC2)N(CC)C(=O)N[C@@H]1c1cccc(C)c1. The van der Waals surface area contributed by atoms with Crippen LogP contribution in [0, 0.1) is 12.7 Å². The lowest BCUT2D eigenvalue weighted by Gasteiger charge is -2.38. The summed E-state index contributed by atoms with van der Waals surface area (Å²) < 4.78 is 18.8. The number of aryl methyl sites for hydroxylation is 1. The number of hydrogen-bond acceptors (Lipinski definition) is 5. The third kappa shape index (κ3) is 6.05. The summed E-state index contributed by atoms with van der Waals surface area (Å²) in [7, 11) is 0. The van der Waals surface area contributed by atoms with E-state index in [1.165, 1.54) is 24.3 Å². The number of hydrogen-bond donors (Lipinski definition) is 1. The zero-order valence-electron chi connectivity index (χ0n) is 22.2. The standard InChI is InChI=1S/C29H35FN4O4/c1-4-34-24(19-32-14-7-15-33(17-16-32)27(35)21-10-12-23(30)13-11-21)25(28(36)38-5-2)26(31-29(34)37)22-9-6-8-20(3)18-22/h6,8-13,18,26H,4-5,7,14-17,19H2,1-3H3,(H,31,37)/t26-/m1/s1. The Balaban J connectivity index is 1.62. The lowest BCUT2D eigenvalue weighted by molar-refractivity contribution is -0.139. The van der Waals surface area contributed by atoms with Crippen molar-refractivity contribution in [3.8, 4) is 0 Å². The molecule has 1 saturated heterocycles. The number of esters is 1. The molecule has 1 fully saturated rings. The Labute approximate surface area is 223 Å². The third-order valence-electron chi connectivity index (χ3n) is 6.97. The van der Waals surface area contributed by atoms with E-state index in [0.717, 1.165) is 17.5 Å². The van der Waals surface area contributed by atoms with Crippen molar-refractivity contribution in [3.63, 3.8) is 0 Å². The van der Waals surface area contributed by atoms with E-state index in [9.17, 15) is 18.8 Å². The molecule has 1 atom stereocenters. The number of halogens is 1. The van der Waals surface area contributed by atoms with Crippen molar-refractivity contribution in [2.24, 2.45) is 0 Å². The van der Waals surface area contributed by atoms with Crippen LogP contribution in [0.2, 0.25) is 0 Å². The molecule has 1 N–H and O–H groups in total. The monoisotopic (exact) mass is 522 g/mol. The van der Waals surface area contributed by atoms with Gasteiger partial charge in [0.05, 0.1) is 18.2 Å². The van der Waals surface area contributed by atoms with Gasteiger partial charge in [-0.15, -0.1) is 0 Å². The van der Waals surface area contributed by atoms with Crippen LogP contribution in [0.25, 0.3) is 0 Å². The Morgan fingerprint density at radius 2 is 1.82 bits per heavy atom. The van der Waals surface area contributed by atoms with Crippen LogP contribution in [-0.2, 0) is 9.53 Å². The molecule has 0 bridgehead atoms. The summed E-state index contributed by atoms with van der Waals surface area (Å²) >= 11 is 0. The van der Waals surface area contributed by atoms with E-state index in [-0.39, 0.29) is 24.4 Å². The lowest BCUT2D eigenvalue weighted by atomic mass is 9.93. The first-order valence-electron chi connectivity index (χ1n) is 13.1. The number of urea groups is 1. The Bertz CT molecular complexity index is 1210. The van der Waals surface area contributed by atoms with Crippen LogP contribution in [0.4, 0.5) is 9.18 Å². The maximum Gasteiger partial charge on any atom is 0.338 e. The second-order valence-corrected chi connectivity index (χ2v) is 9.55. The minimum absolute atomic E-state index is 0.134. The summed E-state index contributed by atoms with van der Waals surface area (Å²) in [6, 6.07) is 12.5. The molecule has 0 radical (unpaired) electrons. The molecule has 0 unspecified atom stereocenters. The highest BCUT2D eigenvalue weighted by molar-refractivity contribution is 5.95. The van der Waals surface area contributed by atoms with Gasteiger partial charge in [0, 0.05) is 50.5 Å². The fourth-order valence-corrected chi connectivity index (χ4v) is 5.08. The van der Waals surface area contributed by atoms with E-state index < -0.39 is 12.0 Å². The summed E-state index contributed by atoms with van der Waals surface area (Å²) in [6.45, 7) is 8.92. The van der Waals surface area contributed by atoms with Gasteiger partial charge in [-0.05, 0) is 57.0 Å². The van der Waals surface area contributed by atoms with Gasteiger partial charge in [0.25, 0.3) is 5.91 Å². The maximum atomic E-state index is 13.3. The van der Waals surface area contributed by atoms with E-state index in [1.807, 2.05) is 38.1 Å². The zero-order valence-corrected chi connectivity index (χ0v) is 22.2. The predicted octanol–water partition coefficient (Wildman–Crippen LogP) is 3.89. The van der Waals surface area contributed by atoms with Crippen LogP contribution in [0.15, 0.2) is 59.8 Å². The first-order chi connectivity index (χ1) is 18.3. The average Bonchev–Trinajstić information content (AvgIpc) is 3.14. The quantitative estimate of drug-likeness (QED) is 0.558. The van der Waals surface area contributed by atoms with Crippen molar-refractivity contribution in [2.45, 2.75) is 33.2 Å². The second kappa shape index (κ2) is 12.2. The number of nitrogens with one attached hydrogen (secondary N) is 1. The van der Waals surface area contributed by atoms with Crippen LogP contribution in [0.1, 0.15) is 47.8 Å². The number of amides is 3. The Hall–Kier alpha value is -3.72. The van der Waals surface area contributed by atoms with Gasteiger partial charge in [-0.3, -0.25) is 14.6 Å². The molecule has 2 aromatic carbocycles. The second-order valence-electron chi connectivity index (χ2n) is 9.55. The highest BCUT2D eigenvalue weighted by atomic mass is 19.1. The van der Waals surface area contributed by atoms with E-state index in [1.54, 1.807) is 16.7 Å². The van der Waals surface area contributed by atoms with Gasteiger partial charge in [0.2, 0.25) is 0 Å². The van der Waals surface area contributed by atoms with Gasteiger partial charge >= 0.3 is 12.0 Å². The molecule has 2 aliphatic heterocycles. The van der Waals surface area contributed by atoms with Gasteiger partial charge in [0.15, 0.2) is 0 Å². The summed E-state index contributed by atoms with van der Waals surface area (Å²) in [4.78, 5) is 45.1. The van der Waals surface area contributed by atoms with Gasteiger partial charge in [0.1, 0.15) is 5.82 Å². The predicted molar refractivity (Wildman–Crippen MR) is 142 cm³/mol. The average molecular weight is 523 g/mol. The molecule has 0 aliphatic carbocycles. The summed E-state index contributed by atoms with van der Waals surface area (Å²) in [5.74, 6) is -0.962. The molecular formula is C29H35FN4O4. The molecule has 2 aliphatic rings. The molecule has 3 amide bonds. The van der Waals surface area contributed by atoms with Crippen molar-refractivity contribution in [2.75, 3.05) is 45.9 Å². The van der Waals surface area contributed by atoms with Crippen molar-refractivity contribution in [1.29, 1.82) is 0 Å².